The number of nitrogens with zero attached hydrogens (tertiary/aromatic N) is 4. The lowest BCUT2D eigenvalue weighted by atomic mass is 10.00. The molecular formula is C19H18N4O2S. The molecule has 3 aromatic rings. The molecule has 1 aromatic carbocycles. The smallest absolute Gasteiger partial charge is 0.410 e. The Balaban J connectivity index is 1.47. The van der Waals surface area contributed by atoms with E-state index in [1.165, 1.54) is 11.3 Å². The summed E-state index contributed by atoms with van der Waals surface area (Å²) >= 11 is 1.52. The molecule has 1 unspecified atom stereocenters. The maximum atomic E-state index is 12.5. The van der Waals surface area contributed by atoms with E-state index in [9.17, 15) is 4.79 Å². The molecular weight excluding hydrogens is 348 g/mol. The molecule has 132 valence electrons. The Morgan fingerprint density at radius 2 is 2.15 bits per heavy atom. The van der Waals surface area contributed by atoms with Gasteiger partial charge in [-0.3, -0.25) is 0 Å². The molecule has 26 heavy (non-hydrogen) atoms. The summed E-state index contributed by atoms with van der Waals surface area (Å²) in [7, 11) is 0. The van der Waals surface area contributed by atoms with Crippen molar-refractivity contribution in [3.63, 3.8) is 0 Å². The van der Waals surface area contributed by atoms with Crippen LogP contribution in [0.2, 0.25) is 0 Å². The van der Waals surface area contributed by atoms with Gasteiger partial charge in [0.2, 0.25) is 0 Å². The van der Waals surface area contributed by atoms with Gasteiger partial charge in [-0.1, -0.05) is 30.3 Å². The van der Waals surface area contributed by atoms with Gasteiger partial charge in [0.05, 0.1) is 17.2 Å². The Morgan fingerprint density at radius 3 is 2.92 bits per heavy atom. The van der Waals surface area contributed by atoms with Crippen LogP contribution in [-0.2, 0) is 17.8 Å². The molecule has 0 fully saturated rings. The third-order valence-corrected chi connectivity index (χ3v) is 5.09. The summed E-state index contributed by atoms with van der Waals surface area (Å²) in [5.74, 6) is 0.636. The number of amides is 1. The van der Waals surface area contributed by atoms with Crippen LogP contribution >= 0.6 is 11.3 Å². The molecule has 1 atom stereocenters. The fraction of sp³-hybridized carbons (Fsp3) is 0.263. The fourth-order valence-corrected chi connectivity index (χ4v) is 3.59. The predicted molar refractivity (Wildman–Crippen MR) is 98.6 cm³/mol. The largest absolute Gasteiger partial charge is 0.445 e. The summed E-state index contributed by atoms with van der Waals surface area (Å²) in [6.45, 7) is 2.83. The second-order valence-electron chi connectivity index (χ2n) is 6.13. The number of carbonyl (C=O) groups is 1. The van der Waals surface area contributed by atoms with Crippen molar-refractivity contribution in [2.24, 2.45) is 0 Å². The highest BCUT2D eigenvalue weighted by molar-refractivity contribution is 7.07. The molecule has 0 bridgehead atoms. The number of rotatable bonds is 3. The first-order valence-corrected chi connectivity index (χ1v) is 9.38. The Bertz CT molecular complexity index is 899. The number of benzene rings is 1. The van der Waals surface area contributed by atoms with Gasteiger partial charge in [-0.05, 0) is 12.5 Å². The summed E-state index contributed by atoms with van der Waals surface area (Å²) in [5.41, 5.74) is 5.47. The molecule has 3 heterocycles. The normalized spacial score (nSPS) is 16.2. The second-order valence-corrected chi connectivity index (χ2v) is 6.85. The van der Waals surface area contributed by atoms with Crippen LogP contribution < -0.4 is 0 Å². The summed E-state index contributed by atoms with van der Waals surface area (Å²) < 4.78 is 5.47. The molecule has 7 heteroatoms. The van der Waals surface area contributed by atoms with Crippen LogP contribution in [-0.4, -0.2) is 32.5 Å². The fourth-order valence-electron chi connectivity index (χ4n) is 3.06. The van der Waals surface area contributed by atoms with E-state index in [-0.39, 0.29) is 18.7 Å². The summed E-state index contributed by atoms with van der Waals surface area (Å²) in [4.78, 5) is 27.6. The quantitative estimate of drug-likeness (QED) is 0.704. The lowest BCUT2D eigenvalue weighted by molar-refractivity contribution is 0.0799. The summed E-state index contributed by atoms with van der Waals surface area (Å²) in [5, 5.41) is 1.93. The molecule has 0 spiro atoms. The zero-order valence-electron chi connectivity index (χ0n) is 14.3. The van der Waals surface area contributed by atoms with Crippen molar-refractivity contribution in [3.05, 3.63) is 64.2 Å². The zero-order chi connectivity index (χ0) is 17.9. The van der Waals surface area contributed by atoms with Crippen LogP contribution in [0.5, 0.6) is 0 Å². The highest BCUT2D eigenvalue weighted by atomic mass is 32.1. The SMILES string of the molecule is CC1c2cnc(-c3cscn3)nc2CCN1C(=O)OCc1ccccc1. The first kappa shape index (κ1) is 16.7. The van der Waals surface area contributed by atoms with E-state index in [1.807, 2.05) is 42.6 Å². The molecule has 1 aliphatic heterocycles. The van der Waals surface area contributed by atoms with Crippen LogP contribution in [0.4, 0.5) is 4.79 Å². The van der Waals surface area contributed by atoms with E-state index in [0.717, 1.165) is 22.5 Å². The van der Waals surface area contributed by atoms with Gasteiger partial charge in [0.1, 0.15) is 12.3 Å². The molecule has 0 saturated carbocycles. The maximum absolute atomic E-state index is 12.5. The molecule has 2 aromatic heterocycles. The van der Waals surface area contributed by atoms with Crippen molar-refractivity contribution in [1.82, 2.24) is 19.9 Å². The van der Waals surface area contributed by atoms with E-state index in [1.54, 1.807) is 16.6 Å². The summed E-state index contributed by atoms with van der Waals surface area (Å²) in [6, 6.07) is 9.56. The van der Waals surface area contributed by atoms with Crippen molar-refractivity contribution in [2.75, 3.05) is 6.54 Å². The van der Waals surface area contributed by atoms with Gasteiger partial charge in [0.25, 0.3) is 0 Å². The zero-order valence-corrected chi connectivity index (χ0v) is 15.1. The number of hydrogen-bond donors (Lipinski definition) is 0. The first-order chi connectivity index (χ1) is 12.7. The Hall–Kier alpha value is -2.80. The van der Waals surface area contributed by atoms with E-state index in [2.05, 4.69) is 15.0 Å². The van der Waals surface area contributed by atoms with Crippen molar-refractivity contribution < 1.29 is 9.53 Å². The van der Waals surface area contributed by atoms with Crippen molar-refractivity contribution in [3.8, 4) is 11.5 Å². The Kier molecular flexibility index (Phi) is 4.62. The highest BCUT2D eigenvalue weighted by Crippen LogP contribution is 2.29. The number of hydrogen-bond acceptors (Lipinski definition) is 6. The topological polar surface area (TPSA) is 68.2 Å². The molecule has 0 N–H and O–H groups in total. The van der Waals surface area contributed by atoms with E-state index < -0.39 is 0 Å². The van der Waals surface area contributed by atoms with Crippen LogP contribution in [0, 0.1) is 0 Å². The monoisotopic (exact) mass is 366 g/mol. The van der Waals surface area contributed by atoms with Gasteiger partial charge >= 0.3 is 6.09 Å². The first-order valence-electron chi connectivity index (χ1n) is 8.44. The van der Waals surface area contributed by atoms with E-state index in [0.29, 0.717) is 18.8 Å². The van der Waals surface area contributed by atoms with Crippen molar-refractivity contribution >= 4 is 17.4 Å². The second kappa shape index (κ2) is 7.21. The van der Waals surface area contributed by atoms with Crippen LogP contribution in [0.1, 0.15) is 29.8 Å². The van der Waals surface area contributed by atoms with Crippen molar-refractivity contribution in [1.29, 1.82) is 0 Å². The molecule has 6 nitrogen and oxygen atoms in total. The average Bonchev–Trinajstić information content (AvgIpc) is 3.22. The lowest BCUT2D eigenvalue weighted by Gasteiger charge is -2.33. The van der Waals surface area contributed by atoms with E-state index >= 15 is 0 Å². The molecule has 1 aliphatic rings. The number of ether oxygens (including phenoxy) is 1. The molecule has 0 saturated heterocycles. The van der Waals surface area contributed by atoms with Gasteiger partial charge in [-0.2, -0.15) is 0 Å². The average molecular weight is 366 g/mol. The Morgan fingerprint density at radius 1 is 1.31 bits per heavy atom. The summed E-state index contributed by atoms with van der Waals surface area (Å²) in [6.07, 6.45) is 2.17. The van der Waals surface area contributed by atoms with E-state index in [4.69, 9.17) is 4.74 Å². The molecule has 0 radical (unpaired) electrons. The lowest BCUT2D eigenvalue weighted by Crippen LogP contribution is -2.39. The van der Waals surface area contributed by atoms with Gasteiger partial charge < -0.3 is 9.64 Å². The van der Waals surface area contributed by atoms with Crippen molar-refractivity contribution in [2.45, 2.75) is 26.0 Å². The maximum Gasteiger partial charge on any atom is 0.410 e. The molecule has 4 rings (SSSR count). The number of carbonyl (C=O) groups excluding carboxylic acids is 1. The van der Waals surface area contributed by atoms with Gasteiger partial charge in [0.15, 0.2) is 5.82 Å². The predicted octanol–water partition coefficient (Wildman–Crippen LogP) is 3.86. The minimum absolute atomic E-state index is 0.119. The van der Waals surface area contributed by atoms with Crippen LogP contribution in [0.15, 0.2) is 47.4 Å². The third kappa shape index (κ3) is 3.30. The minimum atomic E-state index is -0.310. The number of aromatic nitrogens is 3. The van der Waals surface area contributed by atoms with Crippen LogP contribution in [0.3, 0.4) is 0 Å². The van der Waals surface area contributed by atoms with Crippen LogP contribution in [0.25, 0.3) is 11.5 Å². The number of thiazole rings is 1. The van der Waals surface area contributed by atoms with Gasteiger partial charge in [-0.15, -0.1) is 11.3 Å². The standard InChI is InChI=1S/C19H18N4O2S/c1-13-15-9-20-18(17-11-26-12-21-17)22-16(15)7-8-23(13)19(24)25-10-14-5-3-2-4-6-14/h2-6,9,11-13H,7-8,10H2,1H3. The molecule has 0 aliphatic carbocycles. The Labute approximate surface area is 155 Å². The van der Waals surface area contributed by atoms with Gasteiger partial charge in [0, 0.05) is 30.1 Å². The third-order valence-electron chi connectivity index (χ3n) is 4.51. The minimum Gasteiger partial charge on any atom is -0.445 e. The number of fused-ring (bicyclic) bond motifs is 1. The van der Waals surface area contributed by atoms with Gasteiger partial charge in [-0.25, -0.2) is 19.7 Å². The highest BCUT2D eigenvalue weighted by Gasteiger charge is 2.30. The molecule has 1 amide bonds.